The zero-order valence-corrected chi connectivity index (χ0v) is 18.3. The molecule has 0 atom stereocenters. The molecular weight excluding hydrogens is 408 g/mol. The quantitative estimate of drug-likeness (QED) is 0.775. The van der Waals surface area contributed by atoms with Crippen molar-refractivity contribution in [2.75, 3.05) is 40.4 Å². The third-order valence-corrected chi connectivity index (χ3v) is 7.19. The molecule has 30 heavy (non-hydrogen) atoms. The highest BCUT2D eigenvalue weighted by Gasteiger charge is 2.32. The molecule has 1 fully saturated rings. The molecule has 2 aromatic carbocycles. The van der Waals surface area contributed by atoms with Gasteiger partial charge in [0.1, 0.15) is 22.1 Å². The van der Waals surface area contributed by atoms with Crippen LogP contribution in [-0.4, -0.2) is 69.0 Å². The van der Waals surface area contributed by atoms with Gasteiger partial charge in [0.25, 0.3) is 5.91 Å². The summed E-state index contributed by atoms with van der Waals surface area (Å²) in [5, 5.41) is 10.0. The molecule has 1 aliphatic heterocycles. The summed E-state index contributed by atoms with van der Waals surface area (Å²) >= 11 is 0. The lowest BCUT2D eigenvalue weighted by Gasteiger charge is -2.34. The number of phenols is 1. The van der Waals surface area contributed by atoms with E-state index >= 15 is 0 Å². The van der Waals surface area contributed by atoms with Crippen molar-refractivity contribution in [1.82, 2.24) is 9.21 Å². The van der Waals surface area contributed by atoms with Crippen LogP contribution in [-0.2, 0) is 10.0 Å². The second-order valence-electron chi connectivity index (χ2n) is 7.17. The number of methoxy groups -OCH3 is 2. The van der Waals surface area contributed by atoms with Crippen LogP contribution in [0.25, 0.3) is 0 Å². The number of ether oxygens (including phenoxy) is 2. The van der Waals surface area contributed by atoms with Crippen molar-refractivity contribution in [3.05, 3.63) is 47.0 Å². The third-order valence-electron chi connectivity index (χ3n) is 5.26. The average molecular weight is 435 g/mol. The van der Waals surface area contributed by atoms with Crippen molar-refractivity contribution >= 4 is 15.9 Å². The minimum atomic E-state index is -3.85. The van der Waals surface area contributed by atoms with Gasteiger partial charge in [0.15, 0.2) is 0 Å². The van der Waals surface area contributed by atoms with E-state index in [-0.39, 0.29) is 42.7 Å². The van der Waals surface area contributed by atoms with Crippen molar-refractivity contribution in [3.63, 3.8) is 0 Å². The molecule has 1 aliphatic rings. The first-order valence-corrected chi connectivity index (χ1v) is 10.9. The highest BCUT2D eigenvalue weighted by molar-refractivity contribution is 7.89. The maximum atomic E-state index is 13.0. The van der Waals surface area contributed by atoms with Crippen LogP contribution >= 0.6 is 0 Å². The molecule has 1 saturated heterocycles. The Morgan fingerprint density at radius 3 is 2.07 bits per heavy atom. The molecule has 162 valence electrons. The van der Waals surface area contributed by atoms with Gasteiger partial charge in [-0.2, -0.15) is 4.31 Å². The van der Waals surface area contributed by atoms with E-state index in [2.05, 4.69) is 0 Å². The lowest BCUT2D eigenvalue weighted by atomic mass is 10.1. The smallest absolute Gasteiger partial charge is 0.254 e. The number of hydrogen-bond acceptors (Lipinski definition) is 6. The van der Waals surface area contributed by atoms with Crippen LogP contribution < -0.4 is 9.47 Å². The van der Waals surface area contributed by atoms with Gasteiger partial charge in [-0.25, -0.2) is 8.42 Å². The van der Waals surface area contributed by atoms with E-state index in [4.69, 9.17) is 9.47 Å². The van der Waals surface area contributed by atoms with Crippen LogP contribution in [0.3, 0.4) is 0 Å². The minimum Gasteiger partial charge on any atom is -0.507 e. The number of piperazine rings is 1. The van der Waals surface area contributed by atoms with Gasteiger partial charge in [0.05, 0.1) is 14.2 Å². The van der Waals surface area contributed by atoms with Gasteiger partial charge >= 0.3 is 0 Å². The Morgan fingerprint density at radius 1 is 0.967 bits per heavy atom. The number of nitrogens with zero attached hydrogens (tertiary/aromatic N) is 2. The standard InChI is InChI=1S/C21H26N2O6S/c1-14-5-6-17(24)20(11-14)30(26,27)23-9-7-22(8-10-23)21(25)16-12-18(28-3)15(2)19(13-16)29-4/h5-6,11-13,24H,7-10H2,1-4H3. The summed E-state index contributed by atoms with van der Waals surface area (Å²) in [7, 11) is -0.794. The minimum absolute atomic E-state index is 0.115. The third kappa shape index (κ3) is 4.08. The predicted molar refractivity (Wildman–Crippen MR) is 112 cm³/mol. The predicted octanol–water partition coefficient (Wildman–Crippen LogP) is 2.17. The molecular formula is C21H26N2O6S. The van der Waals surface area contributed by atoms with Gasteiger partial charge in [-0.1, -0.05) is 6.07 Å². The van der Waals surface area contributed by atoms with Crippen molar-refractivity contribution in [2.45, 2.75) is 18.7 Å². The summed E-state index contributed by atoms with van der Waals surface area (Å²) in [6, 6.07) is 7.80. The molecule has 2 aromatic rings. The van der Waals surface area contributed by atoms with Gasteiger partial charge in [0, 0.05) is 37.3 Å². The number of amides is 1. The molecule has 9 heteroatoms. The van der Waals surface area contributed by atoms with Crippen molar-refractivity contribution in [1.29, 1.82) is 0 Å². The van der Waals surface area contributed by atoms with Crippen LogP contribution in [0.4, 0.5) is 0 Å². The number of hydrogen-bond donors (Lipinski definition) is 1. The van der Waals surface area contributed by atoms with Gasteiger partial charge in [0.2, 0.25) is 10.0 Å². The van der Waals surface area contributed by atoms with Gasteiger partial charge in [-0.15, -0.1) is 0 Å². The maximum absolute atomic E-state index is 13.0. The summed E-state index contributed by atoms with van der Waals surface area (Å²) in [5.74, 6) is 0.600. The first-order chi connectivity index (χ1) is 14.2. The van der Waals surface area contributed by atoms with Crippen molar-refractivity contribution in [3.8, 4) is 17.2 Å². The number of carbonyl (C=O) groups excluding carboxylic acids is 1. The molecule has 0 radical (unpaired) electrons. The molecule has 0 saturated carbocycles. The molecule has 8 nitrogen and oxygen atoms in total. The summed E-state index contributed by atoms with van der Waals surface area (Å²) in [4.78, 5) is 14.5. The fourth-order valence-electron chi connectivity index (χ4n) is 3.49. The van der Waals surface area contributed by atoms with E-state index in [1.165, 1.54) is 30.7 Å². The van der Waals surface area contributed by atoms with E-state index in [9.17, 15) is 18.3 Å². The lowest BCUT2D eigenvalue weighted by Crippen LogP contribution is -2.50. The maximum Gasteiger partial charge on any atom is 0.254 e. The van der Waals surface area contributed by atoms with E-state index in [0.717, 1.165) is 11.1 Å². The molecule has 0 spiro atoms. The Balaban J connectivity index is 1.77. The van der Waals surface area contributed by atoms with Crippen LogP contribution in [0.1, 0.15) is 21.5 Å². The molecule has 1 heterocycles. The molecule has 3 rings (SSSR count). The number of rotatable bonds is 5. The normalized spacial score (nSPS) is 15.1. The SMILES string of the molecule is COc1cc(C(=O)N2CCN(S(=O)(=O)c3cc(C)ccc3O)CC2)cc(OC)c1C. The van der Waals surface area contributed by atoms with Crippen LogP contribution in [0, 0.1) is 13.8 Å². The molecule has 0 aliphatic carbocycles. The number of aryl methyl sites for hydroxylation is 1. The number of phenolic OH excluding ortho intramolecular Hbond substituents is 1. The van der Waals surface area contributed by atoms with E-state index < -0.39 is 10.0 Å². The number of sulfonamides is 1. The first kappa shape index (κ1) is 21.9. The monoisotopic (exact) mass is 434 g/mol. The van der Waals surface area contributed by atoms with E-state index in [1.54, 1.807) is 30.0 Å². The summed E-state index contributed by atoms with van der Waals surface area (Å²) < 4.78 is 37.8. The highest BCUT2D eigenvalue weighted by Crippen LogP contribution is 2.31. The zero-order chi connectivity index (χ0) is 22.1. The van der Waals surface area contributed by atoms with Crippen LogP contribution in [0.15, 0.2) is 35.2 Å². The fraction of sp³-hybridized carbons (Fsp3) is 0.381. The first-order valence-electron chi connectivity index (χ1n) is 9.50. The molecule has 1 amide bonds. The number of aromatic hydroxyl groups is 1. The highest BCUT2D eigenvalue weighted by atomic mass is 32.2. The number of carbonyl (C=O) groups is 1. The largest absolute Gasteiger partial charge is 0.507 e. The molecule has 0 unspecified atom stereocenters. The number of benzene rings is 2. The lowest BCUT2D eigenvalue weighted by molar-refractivity contribution is 0.0697. The van der Waals surface area contributed by atoms with Crippen molar-refractivity contribution < 1.29 is 27.8 Å². The Morgan fingerprint density at radius 2 is 1.53 bits per heavy atom. The Kier molecular flexibility index (Phi) is 6.23. The average Bonchev–Trinajstić information content (AvgIpc) is 2.75. The molecule has 1 N–H and O–H groups in total. The van der Waals surface area contributed by atoms with Crippen LogP contribution in [0.2, 0.25) is 0 Å². The molecule has 0 bridgehead atoms. The van der Waals surface area contributed by atoms with E-state index in [0.29, 0.717) is 17.1 Å². The summed E-state index contributed by atoms with van der Waals surface area (Å²) in [6.45, 7) is 4.37. The Labute approximate surface area is 176 Å². The van der Waals surface area contributed by atoms with Gasteiger partial charge in [-0.3, -0.25) is 4.79 Å². The molecule has 0 aromatic heterocycles. The fourth-order valence-corrected chi connectivity index (χ4v) is 5.08. The zero-order valence-electron chi connectivity index (χ0n) is 17.5. The van der Waals surface area contributed by atoms with Crippen LogP contribution in [0.5, 0.6) is 17.2 Å². The van der Waals surface area contributed by atoms with Gasteiger partial charge < -0.3 is 19.5 Å². The van der Waals surface area contributed by atoms with Crippen molar-refractivity contribution in [2.24, 2.45) is 0 Å². The Bertz CT molecular complexity index is 1030. The van der Waals surface area contributed by atoms with E-state index in [1.807, 2.05) is 6.92 Å². The topological polar surface area (TPSA) is 96.4 Å². The second-order valence-corrected chi connectivity index (χ2v) is 9.08. The second kappa shape index (κ2) is 8.53. The van der Waals surface area contributed by atoms with Gasteiger partial charge in [-0.05, 0) is 43.7 Å². The Hall–Kier alpha value is -2.78. The summed E-state index contributed by atoms with van der Waals surface area (Å²) in [5.41, 5.74) is 1.95. The summed E-state index contributed by atoms with van der Waals surface area (Å²) in [6.07, 6.45) is 0.